The van der Waals surface area contributed by atoms with Crippen LogP contribution in [0.3, 0.4) is 0 Å². The number of nitrogens with one attached hydrogen (secondary N) is 1. The topological polar surface area (TPSA) is 62.5 Å². The van der Waals surface area contributed by atoms with Gasteiger partial charge < -0.3 is 14.8 Å². The van der Waals surface area contributed by atoms with Gasteiger partial charge in [-0.05, 0) is 36.8 Å². The van der Waals surface area contributed by atoms with Crippen molar-refractivity contribution in [3.05, 3.63) is 59.0 Å². The van der Waals surface area contributed by atoms with E-state index in [2.05, 4.69) is 5.32 Å². The van der Waals surface area contributed by atoms with Gasteiger partial charge in [-0.15, -0.1) is 0 Å². The molecule has 2 rings (SSSR count). The minimum atomic E-state index is -0.896. The molecule has 0 saturated heterocycles. The van der Waals surface area contributed by atoms with Crippen LogP contribution in [-0.4, -0.2) is 17.6 Å². The van der Waals surface area contributed by atoms with Crippen molar-refractivity contribution in [1.29, 1.82) is 0 Å². The molecule has 1 aromatic carbocycles. The number of furan rings is 1. The van der Waals surface area contributed by atoms with Crippen LogP contribution in [0.1, 0.15) is 27.4 Å². The summed E-state index contributed by atoms with van der Waals surface area (Å²) >= 11 is 0. The Balaban J connectivity index is 1.75. The number of aryl methyl sites for hydroxylation is 1. The number of carboxylic acids is 1. The number of aromatic carboxylic acids is 1. The highest BCUT2D eigenvalue weighted by Gasteiger charge is 2.02. The summed E-state index contributed by atoms with van der Waals surface area (Å²) in [6, 6.07) is 10.8. The Kier molecular flexibility index (Phi) is 4.36. The van der Waals surface area contributed by atoms with E-state index in [1.54, 1.807) is 12.1 Å². The van der Waals surface area contributed by atoms with Gasteiger partial charge in [-0.3, -0.25) is 0 Å². The third-order valence-corrected chi connectivity index (χ3v) is 2.87. The number of carbonyl (C=O) groups is 1. The third-order valence-electron chi connectivity index (χ3n) is 2.87. The van der Waals surface area contributed by atoms with Crippen molar-refractivity contribution < 1.29 is 14.3 Å². The third kappa shape index (κ3) is 3.96. The number of hydrogen-bond acceptors (Lipinski definition) is 3. The molecule has 0 amide bonds. The summed E-state index contributed by atoms with van der Waals surface area (Å²) < 4.78 is 5.47. The van der Waals surface area contributed by atoms with Gasteiger partial charge in [0.15, 0.2) is 0 Å². The van der Waals surface area contributed by atoms with Crippen LogP contribution >= 0.6 is 0 Å². The summed E-state index contributed by atoms with van der Waals surface area (Å²) in [5, 5.41) is 12.1. The number of carboxylic acid groups (broad SMARTS) is 1. The Morgan fingerprint density at radius 2 is 1.95 bits per heavy atom. The summed E-state index contributed by atoms with van der Waals surface area (Å²) in [5.41, 5.74) is 1.38. The molecule has 0 unspecified atom stereocenters. The number of rotatable bonds is 6. The van der Waals surface area contributed by atoms with Crippen LogP contribution in [0.2, 0.25) is 0 Å². The molecule has 1 heterocycles. The molecule has 0 radical (unpaired) electrons. The van der Waals surface area contributed by atoms with Gasteiger partial charge in [0.05, 0.1) is 5.56 Å². The average Bonchev–Trinajstić information content (AvgIpc) is 2.81. The van der Waals surface area contributed by atoms with Gasteiger partial charge in [0.25, 0.3) is 0 Å². The second-order valence-electron chi connectivity index (χ2n) is 4.44. The van der Waals surface area contributed by atoms with E-state index in [0.717, 1.165) is 36.6 Å². The zero-order valence-electron chi connectivity index (χ0n) is 10.8. The highest BCUT2D eigenvalue weighted by atomic mass is 16.4. The predicted octanol–water partition coefficient (Wildman–Crippen LogP) is 2.62. The molecule has 4 heteroatoms. The summed E-state index contributed by atoms with van der Waals surface area (Å²) in [4.78, 5) is 10.7. The van der Waals surface area contributed by atoms with E-state index in [1.807, 2.05) is 31.2 Å². The molecule has 19 heavy (non-hydrogen) atoms. The largest absolute Gasteiger partial charge is 0.478 e. The summed E-state index contributed by atoms with van der Waals surface area (Å²) in [5.74, 6) is 1.01. The van der Waals surface area contributed by atoms with Gasteiger partial charge in [-0.25, -0.2) is 4.79 Å². The van der Waals surface area contributed by atoms with Gasteiger partial charge in [0.2, 0.25) is 0 Å². The lowest BCUT2D eigenvalue weighted by molar-refractivity contribution is 0.0697. The van der Waals surface area contributed by atoms with Crippen molar-refractivity contribution >= 4 is 5.97 Å². The zero-order chi connectivity index (χ0) is 13.7. The monoisotopic (exact) mass is 259 g/mol. The van der Waals surface area contributed by atoms with E-state index in [9.17, 15) is 4.79 Å². The molecular formula is C15H17NO3. The van der Waals surface area contributed by atoms with Crippen molar-refractivity contribution in [2.75, 3.05) is 6.54 Å². The van der Waals surface area contributed by atoms with E-state index >= 15 is 0 Å². The van der Waals surface area contributed by atoms with Crippen molar-refractivity contribution in [1.82, 2.24) is 5.32 Å². The first kappa shape index (κ1) is 13.4. The lowest BCUT2D eigenvalue weighted by Gasteiger charge is -2.04. The molecule has 0 fully saturated rings. The predicted molar refractivity (Wildman–Crippen MR) is 72.3 cm³/mol. The first-order chi connectivity index (χ1) is 9.15. The molecule has 0 aliphatic rings. The lowest BCUT2D eigenvalue weighted by atomic mass is 10.1. The second kappa shape index (κ2) is 6.20. The van der Waals surface area contributed by atoms with Crippen LogP contribution in [0.5, 0.6) is 0 Å². The molecular weight excluding hydrogens is 242 g/mol. The first-order valence-corrected chi connectivity index (χ1v) is 6.23. The van der Waals surface area contributed by atoms with Crippen LogP contribution in [0, 0.1) is 6.92 Å². The van der Waals surface area contributed by atoms with Gasteiger partial charge in [-0.1, -0.05) is 12.1 Å². The molecule has 1 aromatic heterocycles. The fourth-order valence-corrected chi connectivity index (χ4v) is 1.83. The quantitative estimate of drug-likeness (QED) is 0.783. The Morgan fingerprint density at radius 1 is 1.21 bits per heavy atom. The lowest BCUT2D eigenvalue weighted by Crippen LogP contribution is -2.16. The van der Waals surface area contributed by atoms with Gasteiger partial charge in [-0.2, -0.15) is 0 Å². The summed E-state index contributed by atoms with van der Waals surface area (Å²) in [6.07, 6.45) is 0.848. The maximum absolute atomic E-state index is 10.7. The molecule has 0 saturated carbocycles. The van der Waals surface area contributed by atoms with Crippen LogP contribution in [-0.2, 0) is 13.0 Å². The van der Waals surface area contributed by atoms with E-state index < -0.39 is 5.97 Å². The van der Waals surface area contributed by atoms with E-state index in [0.29, 0.717) is 5.56 Å². The summed E-state index contributed by atoms with van der Waals surface area (Å²) in [6.45, 7) is 3.48. The first-order valence-electron chi connectivity index (χ1n) is 6.23. The van der Waals surface area contributed by atoms with Gasteiger partial charge in [0, 0.05) is 19.5 Å². The Hall–Kier alpha value is -2.07. The second-order valence-corrected chi connectivity index (χ2v) is 4.44. The van der Waals surface area contributed by atoms with Crippen LogP contribution in [0.15, 0.2) is 40.8 Å². The van der Waals surface area contributed by atoms with Crippen molar-refractivity contribution in [2.45, 2.75) is 19.9 Å². The van der Waals surface area contributed by atoms with Crippen LogP contribution in [0.25, 0.3) is 0 Å². The Morgan fingerprint density at radius 3 is 2.53 bits per heavy atom. The smallest absolute Gasteiger partial charge is 0.335 e. The molecule has 0 bridgehead atoms. The molecule has 0 atom stereocenters. The normalized spacial score (nSPS) is 10.6. The summed E-state index contributed by atoms with van der Waals surface area (Å²) in [7, 11) is 0. The molecule has 0 aliphatic carbocycles. The minimum Gasteiger partial charge on any atom is -0.478 e. The van der Waals surface area contributed by atoms with Crippen LogP contribution in [0.4, 0.5) is 0 Å². The molecule has 4 nitrogen and oxygen atoms in total. The zero-order valence-corrected chi connectivity index (χ0v) is 10.8. The SMILES string of the molecule is Cc1ccc(CCNCc2ccc(C(=O)O)cc2)o1. The van der Waals surface area contributed by atoms with Gasteiger partial charge in [0.1, 0.15) is 11.5 Å². The maximum atomic E-state index is 10.7. The standard InChI is InChI=1S/C15H17NO3/c1-11-2-7-14(19-11)8-9-16-10-12-3-5-13(6-4-12)15(17)18/h2-7,16H,8-10H2,1H3,(H,17,18). The number of benzene rings is 1. The molecule has 2 N–H and O–H groups in total. The van der Waals surface area contributed by atoms with E-state index in [1.165, 1.54) is 0 Å². The highest BCUT2D eigenvalue weighted by molar-refractivity contribution is 5.87. The highest BCUT2D eigenvalue weighted by Crippen LogP contribution is 2.07. The van der Waals surface area contributed by atoms with E-state index in [4.69, 9.17) is 9.52 Å². The van der Waals surface area contributed by atoms with Gasteiger partial charge >= 0.3 is 5.97 Å². The van der Waals surface area contributed by atoms with Crippen molar-refractivity contribution in [2.24, 2.45) is 0 Å². The van der Waals surface area contributed by atoms with Crippen molar-refractivity contribution in [3.63, 3.8) is 0 Å². The fraction of sp³-hybridized carbons (Fsp3) is 0.267. The average molecular weight is 259 g/mol. The fourth-order valence-electron chi connectivity index (χ4n) is 1.83. The minimum absolute atomic E-state index is 0.315. The van der Waals surface area contributed by atoms with E-state index in [-0.39, 0.29) is 0 Å². The molecule has 0 aliphatic heterocycles. The Bertz CT molecular complexity index is 543. The maximum Gasteiger partial charge on any atom is 0.335 e. The van der Waals surface area contributed by atoms with Crippen molar-refractivity contribution in [3.8, 4) is 0 Å². The Labute approximate surface area is 112 Å². The molecule has 0 spiro atoms. The number of hydrogen-bond donors (Lipinski definition) is 2. The van der Waals surface area contributed by atoms with Crippen LogP contribution < -0.4 is 5.32 Å². The molecule has 2 aromatic rings. The molecule has 100 valence electrons.